The Balaban J connectivity index is 2.03. The van der Waals surface area contributed by atoms with Gasteiger partial charge in [-0.05, 0) is 19.1 Å². The predicted molar refractivity (Wildman–Crippen MR) is 69.8 cm³/mol. The molecule has 0 aliphatic carbocycles. The molecule has 0 aliphatic heterocycles. The quantitative estimate of drug-likeness (QED) is 0.837. The fourth-order valence-electron chi connectivity index (χ4n) is 1.96. The van der Waals surface area contributed by atoms with Crippen molar-refractivity contribution in [2.75, 3.05) is 20.3 Å². The second-order valence-electron chi connectivity index (χ2n) is 4.30. The van der Waals surface area contributed by atoms with E-state index in [9.17, 15) is 4.79 Å². The lowest BCUT2D eigenvalue weighted by atomic mass is 10.3. The van der Waals surface area contributed by atoms with Crippen molar-refractivity contribution >= 4 is 11.1 Å². The van der Waals surface area contributed by atoms with E-state index in [-0.39, 0.29) is 11.8 Å². The Kier molecular flexibility index (Phi) is 4.17. The van der Waals surface area contributed by atoms with Crippen LogP contribution in [0.4, 0.5) is 0 Å². The molecule has 1 aromatic carbocycles. The monoisotopic (exact) mass is 250 g/mol. The third-order valence-corrected chi connectivity index (χ3v) is 2.82. The molecule has 98 valence electrons. The fourth-order valence-corrected chi connectivity index (χ4v) is 1.96. The zero-order valence-electron chi connectivity index (χ0n) is 10.7. The smallest absolute Gasteiger partial charge is 0.408 e. The van der Waals surface area contributed by atoms with Gasteiger partial charge in [0.1, 0.15) is 0 Å². The summed E-state index contributed by atoms with van der Waals surface area (Å²) in [6.45, 7) is 3.98. The lowest BCUT2D eigenvalue weighted by Gasteiger charge is -2.12. The number of aromatic nitrogens is 1. The first kappa shape index (κ1) is 12.9. The van der Waals surface area contributed by atoms with Gasteiger partial charge in [0, 0.05) is 26.2 Å². The highest BCUT2D eigenvalue weighted by molar-refractivity contribution is 5.72. The molecule has 1 heterocycles. The topological polar surface area (TPSA) is 56.4 Å². The van der Waals surface area contributed by atoms with E-state index in [1.165, 1.54) is 0 Å². The van der Waals surface area contributed by atoms with Gasteiger partial charge >= 0.3 is 5.76 Å². The minimum absolute atomic E-state index is 0.267. The van der Waals surface area contributed by atoms with E-state index in [1.54, 1.807) is 17.7 Å². The highest BCUT2D eigenvalue weighted by Gasteiger charge is 2.08. The second kappa shape index (κ2) is 5.84. The van der Waals surface area contributed by atoms with Crippen molar-refractivity contribution in [1.29, 1.82) is 0 Å². The molecule has 2 aromatic rings. The van der Waals surface area contributed by atoms with Gasteiger partial charge in [-0.1, -0.05) is 12.1 Å². The van der Waals surface area contributed by atoms with Crippen LogP contribution in [0, 0.1) is 0 Å². The summed E-state index contributed by atoms with van der Waals surface area (Å²) in [5, 5.41) is 3.29. The van der Waals surface area contributed by atoms with Gasteiger partial charge in [-0.25, -0.2) is 4.79 Å². The summed E-state index contributed by atoms with van der Waals surface area (Å²) in [7, 11) is 1.67. The maximum atomic E-state index is 11.7. The van der Waals surface area contributed by atoms with E-state index in [1.807, 2.05) is 25.1 Å². The molecule has 0 saturated heterocycles. The standard InChI is InChI=1S/C13H18N2O3/c1-10(9-17-2)14-7-8-15-11-5-3-4-6-12(11)18-13(15)16/h3-6,10,14H,7-9H2,1-2H3. The van der Waals surface area contributed by atoms with Crippen molar-refractivity contribution in [3.63, 3.8) is 0 Å². The van der Waals surface area contributed by atoms with Gasteiger partial charge in [0.2, 0.25) is 0 Å². The van der Waals surface area contributed by atoms with Crippen LogP contribution in [0.3, 0.4) is 0 Å². The summed E-state index contributed by atoms with van der Waals surface area (Å²) in [6.07, 6.45) is 0. The molecule has 18 heavy (non-hydrogen) atoms. The third kappa shape index (κ3) is 2.80. The number of para-hydroxylation sites is 2. The minimum Gasteiger partial charge on any atom is -0.408 e. The van der Waals surface area contributed by atoms with E-state index < -0.39 is 0 Å². The molecule has 0 radical (unpaired) electrons. The van der Waals surface area contributed by atoms with Crippen LogP contribution in [0.15, 0.2) is 33.5 Å². The summed E-state index contributed by atoms with van der Waals surface area (Å²) in [4.78, 5) is 11.7. The molecular formula is C13H18N2O3. The molecule has 0 fully saturated rings. The van der Waals surface area contributed by atoms with Crippen LogP contribution in [0.25, 0.3) is 11.1 Å². The number of fused-ring (bicyclic) bond motifs is 1. The number of ether oxygens (including phenoxy) is 1. The van der Waals surface area contributed by atoms with Crippen LogP contribution < -0.4 is 11.1 Å². The van der Waals surface area contributed by atoms with Crippen molar-refractivity contribution in [1.82, 2.24) is 9.88 Å². The van der Waals surface area contributed by atoms with Crippen molar-refractivity contribution in [3.05, 3.63) is 34.8 Å². The van der Waals surface area contributed by atoms with Crippen LogP contribution in [-0.2, 0) is 11.3 Å². The number of hydrogen-bond donors (Lipinski definition) is 1. The van der Waals surface area contributed by atoms with E-state index >= 15 is 0 Å². The van der Waals surface area contributed by atoms with Crippen LogP contribution in [0.1, 0.15) is 6.92 Å². The summed E-state index contributed by atoms with van der Waals surface area (Å²) in [5.41, 5.74) is 1.47. The Bertz CT molecular complexity index is 559. The normalized spacial score (nSPS) is 13.0. The molecule has 1 N–H and O–H groups in total. The van der Waals surface area contributed by atoms with Gasteiger partial charge in [-0.2, -0.15) is 0 Å². The molecule has 0 aliphatic rings. The molecule has 1 atom stereocenters. The zero-order valence-corrected chi connectivity index (χ0v) is 10.7. The van der Waals surface area contributed by atoms with Gasteiger partial charge in [0.15, 0.2) is 5.58 Å². The number of nitrogens with zero attached hydrogens (tertiary/aromatic N) is 1. The summed E-state index contributed by atoms with van der Waals surface area (Å²) < 4.78 is 11.8. The fraction of sp³-hybridized carbons (Fsp3) is 0.462. The summed E-state index contributed by atoms with van der Waals surface area (Å²) >= 11 is 0. The van der Waals surface area contributed by atoms with E-state index in [0.717, 1.165) is 5.52 Å². The summed E-state index contributed by atoms with van der Waals surface area (Å²) in [5.74, 6) is -0.308. The van der Waals surface area contributed by atoms with Crippen molar-refractivity contribution in [3.8, 4) is 0 Å². The van der Waals surface area contributed by atoms with Crippen molar-refractivity contribution in [2.45, 2.75) is 19.5 Å². The Labute approximate surface area is 105 Å². The molecule has 5 heteroatoms. The van der Waals surface area contributed by atoms with Crippen LogP contribution >= 0.6 is 0 Å². The van der Waals surface area contributed by atoms with Gasteiger partial charge in [-0.3, -0.25) is 4.57 Å². The molecule has 0 spiro atoms. The van der Waals surface area contributed by atoms with Gasteiger partial charge in [0.25, 0.3) is 0 Å². The molecule has 1 aromatic heterocycles. The Morgan fingerprint density at radius 1 is 1.44 bits per heavy atom. The minimum atomic E-state index is -0.308. The first-order valence-corrected chi connectivity index (χ1v) is 6.03. The molecule has 2 rings (SSSR count). The molecule has 0 bridgehead atoms. The van der Waals surface area contributed by atoms with E-state index in [4.69, 9.17) is 9.15 Å². The third-order valence-electron chi connectivity index (χ3n) is 2.82. The first-order valence-electron chi connectivity index (χ1n) is 6.03. The van der Waals surface area contributed by atoms with E-state index in [2.05, 4.69) is 5.32 Å². The van der Waals surface area contributed by atoms with Crippen LogP contribution in [0.2, 0.25) is 0 Å². The van der Waals surface area contributed by atoms with Crippen LogP contribution in [0.5, 0.6) is 0 Å². The second-order valence-corrected chi connectivity index (χ2v) is 4.30. The lowest BCUT2D eigenvalue weighted by molar-refractivity contribution is 0.172. The van der Waals surface area contributed by atoms with Crippen LogP contribution in [-0.4, -0.2) is 30.9 Å². The van der Waals surface area contributed by atoms with Gasteiger partial charge in [-0.15, -0.1) is 0 Å². The number of oxazole rings is 1. The Hall–Kier alpha value is -1.59. The molecular weight excluding hydrogens is 232 g/mol. The van der Waals surface area contributed by atoms with Gasteiger partial charge in [0.05, 0.1) is 12.1 Å². The number of methoxy groups -OCH3 is 1. The highest BCUT2D eigenvalue weighted by Crippen LogP contribution is 2.10. The maximum absolute atomic E-state index is 11.7. The zero-order chi connectivity index (χ0) is 13.0. The van der Waals surface area contributed by atoms with Crippen molar-refractivity contribution in [2.24, 2.45) is 0 Å². The number of rotatable bonds is 6. The van der Waals surface area contributed by atoms with E-state index in [0.29, 0.717) is 25.3 Å². The van der Waals surface area contributed by atoms with Crippen molar-refractivity contribution < 1.29 is 9.15 Å². The lowest BCUT2D eigenvalue weighted by Crippen LogP contribution is -2.34. The predicted octanol–water partition coefficient (Wildman–Crippen LogP) is 1.22. The molecule has 0 saturated carbocycles. The van der Waals surface area contributed by atoms with Gasteiger partial charge < -0.3 is 14.5 Å². The maximum Gasteiger partial charge on any atom is 0.419 e. The number of benzene rings is 1. The largest absolute Gasteiger partial charge is 0.419 e. The Morgan fingerprint density at radius 3 is 3.00 bits per heavy atom. The average molecular weight is 250 g/mol. The average Bonchev–Trinajstić information content (AvgIpc) is 2.66. The molecule has 0 amide bonds. The number of hydrogen-bond acceptors (Lipinski definition) is 4. The first-order chi connectivity index (χ1) is 8.72. The highest BCUT2D eigenvalue weighted by atomic mass is 16.5. The number of nitrogens with one attached hydrogen (secondary N) is 1. The molecule has 1 unspecified atom stereocenters. The molecule has 5 nitrogen and oxygen atoms in total. The summed E-state index contributed by atoms with van der Waals surface area (Å²) in [6, 6.07) is 7.71. The Morgan fingerprint density at radius 2 is 2.22 bits per heavy atom. The SMILES string of the molecule is COCC(C)NCCn1c(=O)oc2ccccc21.